The number of carbonyl (C=O) groups excluding carboxylic acids is 1. The smallest absolute Gasteiger partial charge is 0.339 e. The number of nitrogens with zero attached hydrogens (tertiary/aromatic N) is 1. The van der Waals surface area contributed by atoms with Gasteiger partial charge in [-0.15, -0.1) is 11.3 Å². The van der Waals surface area contributed by atoms with Crippen molar-refractivity contribution in [1.82, 2.24) is 0 Å². The van der Waals surface area contributed by atoms with Crippen LogP contribution >= 0.6 is 22.7 Å². The first kappa shape index (κ1) is 17.3. The normalized spacial score (nSPS) is 13.6. The number of anilines is 1. The summed E-state index contributed by atoms with van der Waals surface area (Å²) in [5.74, 6) is -1.50. The standard InChI is InChI=1S/C16H14N2O5S2/c19-12(7-5-9-6-8-13(24-9)18(22)23)17-15-14(16(20)21)10-3-1-2-4-11(10)25-15/h5-8H,1-4H2,(H,17,19)(H,20,21)/b7-5+. The van der Waals surface area contributed by atoms with Crippen molar-refractivity contribution < 1.29 is 19.6 Å². The third-order valence-corrected chi connectivity index (χ3v) is 6.02. The van der Waals surface area contributed by atoms with Crippen LogP contribution in [0.5, 0.6) is 0 Å². The van der Waals surface area contributed by atoms with Gasteiger partial charge in [0, 0.05) is 21.9 Å². The molecule has 1 aliphatic carbocycles. The summed E-state index contributed by atoms with van der Waals surface area (Å²) in [6.07, 6.45) is 6.26. The number of hydrogen-bond acceptors (Lipinski definition) is 6. The van der Waals surface area contributed by atoms with E-state index in [1.165, 1.54) is 29.6 Å². The van der Waals surface area contributed by atoms with Crippen LogP contribution in [0.3, 0.4) is 0 Å². The molecule has 3 rings (SSSR count). The van der Waals surface area contributed by atoms with Crippen LogP contribution in [0.2, 0.25) is 0 Å². The average molecular weight is 378 g/mol. The van der Waals surface area contributed by atoms with Gasteiger partial charge in [0.15, 0.2) is 0 Å². The molecule has 130 valence electrons. The zero-order valence-corrected chi connectivity index (χ0v) is 14.6. The van der Waals surface area contributed by atoms with E-state index in [0.29, 0.717) is 9.88 Å². The Hall–Kier alpha value is -2.52. The molecule has 7 nitrogen and oxygen atoms in total. The van der Waals surface area contributed by atoms with Gasteiger partial charge in [-0.25, -0.2) is 4.79 Å². The first-order chi connectivity index (χ1) is 12.0. The Morgan fingerprint density at radius 3 is 2.68 bits per heavy atom. The molecule has 25 heavy (non-hydrogen) atoms. The Kier molecular flexibility index (Phi) is 4.95. The minimum absolute atomic E-state index is 0.000784. The summed E-state index contributed by atoms with van der Waals surface area (Å²) in [7, 11) is 0. The maximum Gasteiger partial charge on any atom is 0.339 e. The van der Waals surface area contributed by atoms with Gasteiger partial charge in [-0.1, -0.05) is 11.3 Å². The van der Waals surface area contributed by atoms with Gasteiger partial charge >= 0.3 is 11.0 Å². The van der Waals surface area contributed by atoms with E-state index in [0.717, 1.165) is 47.5 Å². The highest BCUT2D eigenvalue weighted by molar-refractivity contribution is 7.17. The monoisotopic (exact) mass is 378 g/mol. The number of nitro groups is 1. The molecule has 0 unspecified atom stereocenters. The number of aryl methyl sites for hydroxylation is 1. The zero-order valence-electron chi connectivity index (χ0n) is 13.0. The highest BCUT2D eigenvalue weighted by Crippen LogP contribution is 2.38. The van der Waals surface area contributed by atoms with Crippen LogP contribution < -0.4 is 5.32 Å². The molecule has 0 bridgehead atoms. The molecular weight excluding hydrogens is 364 g/mol. The Balaban J connectivity index is 1.76. The largest absolute Gasteiger partial charge is 0.478 e. The molecule has 0 spiro atoms. The van der Waals surface area contributed by atoms with Crippen molar-refractivity contribution in [3.05, 3.63) is 49.2 Å². The fourth-order valence-corrected chi connectivity index (χ4v) is 4.73. The number of aromatic carboxylic acids is 1. The van der Waals surface area contributed by atoms with Gasteiger partial charge in [-0.2, -0.15) is 0 Å². The molecule has 0 aromatic carbocycles. The summed E-state index contributed by atoms with van der Waals surface area (Å²) in [4.78, 5) is 35.4. The molecule has 0 saturated heterocycles. The number of carboxylic acids is 1. The van der Waals surface area contributed by atoms with Crippen molar-refractivity contribution in [2.75, 3.05) is 5.32 Å². The number of thiophene rings is 2. The van der Waals surface area contributed by atoms with Gasteiger partial charge in [0.2, 0.25) is 5.91 Å². The highest BCUT2D eigenvalue weighted by Gasteiger charge is 2.25. The first-order valence-electron chi connectivity index (χ1n) is 7.57. The van der Waals surface area contributed by atoms with Gasteiger partial charge < -0.3 is 10.4 Å². The number of carbonyl (C=O) groups is 2. The second-order valence-corrected chi connectivity index (χ2v) is 7.67. The average Bonchev–Trinajstić information content (AvgIpc) is 3.17. The molecule has 9 heteroatoms. The summed E-state index contributed by atoms with van der Waals surface area (Å²) in [6.45, 7) is 0. The molecule has 2 heterocycles. The third-order valence-electron chi connectivity index (χ3n) is 3.81. The molecule has 0 radical (unpaired) electrons. The molecule has 2 aromatic heterocycles. The summed E-state index contributed by atoms with van der Waals surface area (Å²) < 4.78 is 0. The number of fused-ring (bicyclic) bond motifs is 1. The topological polar surface area (TPSA) is 110 Å². The lowest BCUT2D eigenvalue weighted by atomic mass is 9.95. The predicted molar refractivity (Wildman–Crippen MR) is 96.6 cm³/mol. The molecule has 1 aliphatic rings. The fourth-order valence-electron chi connectivity index (χ4n) is 2.72. The van der Waals surface area contributed by atoms with Crippen molar-refractivity contribution in [2.24, 2.45) is 0 Å². The molecule has 2 N–H and O–H groups in total. The summed E-state index contributed by atoms with van der Waals surface area (Å²) in [6, 6.07) is 2.93. The first-order valence-corrected chi connectivity index (χ1v) is 9.20. The summed E-state index contributed by atoms with van der Waals surface area (Å²) in [5, 5.41) is 23.1. The molecular formula is C16H14N2O5S2. The van der Waals surface area contributed by atoms with Crippen molar-refractivity contribution in [3.8, 4) is 0 Å². The second-order valence-electron chi connectivity index (χ2n) is 5.48. The lowest BCUT2D eigenvalue weighted by Crippen LogP contribution is -2.11. The number of rotatable bonds is 5. The maximum absolute atomic E-state index is 12.1. The van der Waals surface area contributed by atoms with Crippen LogP contribution in [-0.4, -0.2) is 21.9 Å². The lowest BCUT2D eigenvalue weighted by molar-refractivity contribution is -0.380. The van der Waals surface area contributed by atoms with Crippen molar-refractivity contribution in [1.29, 1.82) is 0 Å². The van der Waals surface area contributed by atoms with E-state index in [1.54, 1.807) is 6.07 Å². The van der Waals surface area contributed by atoms with Gasteiger partial charge in [-0.3, -0.25) is 14.9 Å². The predicted octanol–water partition coefficient (Wildman–Crippen LogP) is 3.95. The molecule has 0 saturated carbocycles. The van der Waals surface area contributed by atoms with E-state index in [-0.39, 0.29) is 10.6 Å². The fraction of sp³-hybridized carbons (Fsp3) is 0.250. The van der Waals surface area contributed by atoms with E-state index in [4.69, 9.17) is 0 Å². The second kappa shape index (κ2) is 7.16. The van der Waals surface area contributed by atoms with Crippen LogP contribution in [0.15, 0.2) is 18.2 Å². The van der Waals surface area contributed by atoms with Crippen molar-refractivity contribution in [3.63, 3.8) is 0 Å². The van der Waals surface area contributed by atoms with Gasteiger partial charge in [0.1, 0.15) is 5.00 Å². The lowest BCUT2D eigenvalue weighted by Gasteiger charge is -2.10. The van der Waals surface area contributed by atoms with Crippen molar-refractivity contribution >= 4 is 50.6 Å². The Bertz CT molecular complexity index is 881. The molecule has 2 aromatic rings. The van der Waals surface area contributed by atoms with Gasteiger partial charge in [0.05, 0.1) is 10.5 Å². The maximum atomic E-state index is 12.1. The van der Waals surface area contributed by atoms with E-state index < -0.39 is 16.8 Å². The van der Waals surface area contributed by atoms with E-state index in [9.17, 15) is 24.8 Å². The minimum Gasteiger partial charge on any atom is -0.478 e. The molecule has 1 amide bonds. The summed E-state index contributed by atoms with van der Waals surface area (Å²) >= 11 is 2.28. The minimum atomic E-state index is -1.03. The van der Waals surface area contributed by atoms with Crippen LogP contribution in [0.25, 0.3) is 6.08 Å². The zero-order chi connectivity index (χ0) is 18.0. The van der Waals surface area contributed by atoms with E-state index in [1.807, 2.05) is 0 Å². The molecule has 0 atom stereocenters. The Labute approximate surface area is 150 Å². The number of amides is 1. The quantitative estimate of drug-likeness (QED) is 0.465. The SMILES string of the molecule is O=C(/C=C/c1ccc([N+](=O)[O-])s1)Nc1sc2c(c1C(=O)O)CCCC2. The number of carboxylic acid groups (broad SMARTS) is 1. The Morgan fingerprint density at radius 1 is 1.24 bits per heavy atom. The third kappa shape index (κ3) is 3.77. The van der Waals surface area contributed by atoms with Crippen LogP contribution in [-0.2, 0) is 17.6 Å². The molecule has 0 aliphatic heterocycles. The van der Waals surface area contributed by atoms with Crippen LogP contribution in [0.4, 0.5) is 10.0 Å². The van der Waals surface area contributed by atoms with Crippen LogP contribution in [0, 0.1) is 10.1 Å². The summed E-state index contributed by atoms with van der Waals surface area (Å²) in [5.41, 5.74) is 1.02. The molecule has 0 fully saturated rings. The number of nitrogens with one attached hydrogen (secondary N) is 1. The van der Waals surface area contributed by atoms with Gasteiger partial charge in [0.25, 0.3) is 0 Å². The number of hydrogen-bond donors (Lipinski definition) is 2. The van der Waals surface area contributed by atoms with E-state index in [2.05, 4.69) is 5.32 Å². The van der Waals surface area contributed by atoms with Crippen molar-refractivity contribution in [2.45, 2.75) is 25.7 Å². The van der Waals surface area contributed by atoms with E-state index >= 15 is 0 Å². The Morgan fingerprint density at radius 2 is 2.00 bits per heavy atom. The highest BCUT2D eigenvalue weighted by atomic mass is 32.1. The van der Waals surface area contributed by atoms with Gasteiger partial charge in [-0.05, 0) is 43.4 Å². The van der Waals surface area contributed by atoms with Crippen LogP contribution in [0.1, 0.15) is 38.5 Å².